The molecule has 23 heavy (non-hydrogen) atoms. The van der Waals surface area contributed by atoms with Crippen molar-refractivity contribution in [2.45, 2.75) is 26.8 Å². The third-order valence-corrected chi connectivity index (χ3v) is 3.59. The van der Waals surface area contributed by atoms with Gasteiger partial charge in [-0.25, -0.2) is 18.1 Å². The average Bonchev–Trinajstić information content (AvgIpc) is 2.43. The highest BCUT2D eigenvalue weighted by Crippen LogP contribution is 2.04. The standard InChI is InChI=1S/C15H26N4O2S.HI/c1-4-16-15(17-9-6-10-19-22(3,20)21)18-12-14-8-5-7-13(2)11-14;/h5,7-8,11,19H,4,6,9-10,12H2,1-3H3,(H2,16,17,18);1H. The van der Waals surface area contributed by atoms with Crippen molar-refractivity contribution in [2.75, 3.05) is 25.9 Å². The van der Waals surface area contributed by atoms with Gasteiger partial charge in [-0.15, -0.1) is 24.0 Å². The van der Waals surface area contributed by atoms with E-state index in [1.54, 1.807) is 0 Å². The Morgan fingerprint density at radius 1 is 1.22 bits per heavy atom. The Bertz CT molecular complexity index is 591. The molecule has 0 unspecified atom stereocenters. The van der Waals surface area contributed by atoms with E-state index in [4.69, 9.17) is 0 Å². The van der Waals surface area contributed by atoms with Gasteiger partial charge >= 0.3 is 0 Å². The SMILES string of the molecule is CCNC(=NCc1cccc(C)c1)NCCCNS(C)(=O)=O.I. The van der Waals surface area contributed by atoms with E-state index in [-0.39, 0.29) is 24.0 Å². The molecule has 0 aliphatic rings. The number of hydrogen-bond acceptors (Lipinski definition) is 3. The fraction of sp³-hybridized carbons (Fsp3) is 0.533. The van der Waals surface area contributed by atoms with E-state index >= 15 is 0 Å². The Morgan fingerprint density at radius 2 is 1.96 bits per heavy atom. The third kappa shape index (κ3) is 11.3. The molecule has 1 aromatic rings. The zero-order chi connectivity index (χ0) is 16.4. The van der Waals surface area contributed by atoms with Crippen LogP contribution in [0.3, 0.4) is 0 Å². The van der Waals surface area contributed by atoms with Crippen LogP contribution >= 0.6 is 24.0 Å². The van der Waals surface area contributed by atoms with Gasteiger partial charge in [-0.1, -0.05) is 29.8 Å². The molecule has 0 saturated heterocycles. The molecule has 0 amide bonds. The van der Waals surface area contributed by atoms with Gasteiger partial charge in [0.05, 0.1) is 12.8 Å². The van der Waals surface area contributed by atoms with Gasteiger partial charge in [0.25, 0.3) is 0 Å². The van der Waals surface area contributed by atoms with Crippen LogP contribution in [0.5, 0.6) is 0 Å². The highest BCUT2D eigenvalue weighted by molar-refractivity contribution is 14.0. The minimum Gasteiger partial charge on any atom is -0.357 e. The van der Waals surface area contributed by atoms with E-state index < -0.39 is 10.0 Å². The van der Waals surface area contributed by atoms with Gasteiger partial charge in [-0.2, -0.15) is 0 Å². The van der Waals surface area contributed by atoms with Gasteiger partial charge in [-0.3, -0.25) is 0 Å². The number of benzene rings is 1. The fourth-order valence-electron chi connectivity index (χ4n) is 1.88. The molecule has 0 aliphatic carbocycles. The average molecular weight is 454 g/mol. The van der Waals surface area contributed by atoms with Crippen molar-refractivity contribution in [3.05, 3.63) is 35.4 Å². The molecule has 1 rings (SSSR count). The first-order valence-corrected chi connectivity index (χ1v) is 9.32. The summed E-state index contributed by atoms with van der Waals surface area (Å²) in [5.41, 5.74) is 2.38. The maximum Gasteiger partial charge on any atom is 0.208 e. The van der Waals surface area contributed by atoms with Crippen LogP contribution in [0.2, 0.25) is 0 Å². The second-order valence-electron chi connectivity index (χ2n) is 5.13. The number of guanidine groups is 1. The quantitative estimate of drug-likeness (QED) is 0.241. The molecule has 0 fully saturated rings. The van der Waals surface area contributed by atoms with E-state index in [2.05, 4.69) is 45.5 Å². The number of sulfonamides is 1. The van der Waals surface area contributed by atoms with Crippen molar-refractivity contribution in [1.82, 2.24) is 15.4 Å². The number of nitrogens with zero attached hydrogens (tertiary/aromatic N) is 1. The van der Waals surface area contributed by atoms with Gasteiger partial charge in [0.15, 0.2) is 5.96 Å². The van der Waals surface area contributed by atoms with Crippen molar-refractivity contribution in [1.29, 1.82) is 0 Å². The molecule has 132 valence electrons. The lowest BCUT2D eigenvalue weighted by atomic mass is 10.1. The van der Waals surface area contributed by atoms with Crippen molar-refractivity contribution < 1.29 is 8.42 Å². The minimum atomic E-state index is -3.11. The van der Waals surface area contributed by atoms with Crippen molar-refractivity contribution in [2.24, 2.45) is 4.99 Å². The molecule has 0 aromatic heterocycles. The predicted octanol–water partition coefficient (Wildman–Crippen LogP) is 1.61. The van der Waals surface area contributed by atoms with Crippen LogP contribution in [-0.2, 0) is 16.6 Å². The number of hydrogen-bond donors (Lipinski definition) is 3. The van der Waals surface area contributed by atoms with Crippen LogP contribution in [0.15, 0.2) is 29.3 Å². The number of rotatable bonds is 8. The van der Waals surface area contributed by atoms with Crippen molar-refractivity contribution in [3.8, 4) is 0 Å². The maximum atomic E-state index is 11.0. The molecule has 3 N–H and O–H groups in total. The second kappa shape index (κ2) is 11.6. The number of halogens is 1. The molecule has 0 aliphatic heterocycles. The first kappa shape index (κ1) is 22.1. The van der Waals surface area contributed by atoms with Gasteiger partial charge in [0, 0.05) is 19.6 Å². The zero-order valence-electron chi connectivity index (χ0n) is 13.9. The van der Waals surface area contributed by atoms with Crippen LogP contribution in [0.25, 0.3) is 0 Å². The van der Waals surface area contributed by atoms with E-state index in [9.17, 15) is 8.42 Å². The highest BCUT2D eigenvalue weighted by Gasteiger charge is 2.00. The van der Waals surface area contributed by atoms with Crippen molar-refractivity contribution >= 4 is 40.0 Å². The number of aliphatic imine (C=N–C) groups is 1. The van der Waals surface area contributed by atoms with E-state index in [1.807, 2.05) is 13.0 Å². The molecule has 1 aromatic carbocycles. The number of nitrogens with one attached hydrogen (secondary N) is 3. The molecule has 0 bridgehead atoms. The van der Waals surface area contributed by atoms with Crippen LogP contribution in [0.4, 0.5) is 0 Å². The Hall–Kier alpha value is -0.870. The lowest BCUT2D eigenvalue weighted by Gasteiger charge is -2.11. The van der Waals surface area contributed by atoms with Crippen molar-refractivity contribution in [3.63, 3.8) is 0 Å². The largest absolute Gasteiger partial charge is 0.357 e. The molecular formula is C15H27IN4O2S. The molecule has 0 spiro atoms. The molecule has 8 heteroatoms. The molecule has 0 heterocycles. The molecule has 0 atom stereocenters. The fourth-order valence-corrected chi connectivity index (χ4v) is 2.39. The maximum absolute atomic E-state index is 11.0. The topological polar surface area (TPSA) is 82.6 Å². The lowest BCUT2D eigenvalue weighted by molar-refractivity contribution is 0.584. The van der Waals surface area contributed by atoms with Gasteiger partial charge in [-0.05, 0) is 25.8 Å². The summed E-state index contributed by atoms with van der Waals surface area (Å²) in [4.78, 5) is 4.53. The van der Waals surface area contributed by atoms with E-state index in [0.29, 0.717) is 26.1 Å². The monoisotopic (exact) mass is 454 g/mol. The second-order valence-corrected chi connectivity index (χ2v) is 6.96. The van der Waals surface area contributed by atoms with Crippen LogP contribution in [0, 0.1) is 6.92 Å². The lowest BCUT2D eigenvalue weighted by Crippen LogP contribution is -2.38. The van der Waals surface area contributed by atoms with Crippen LogP contribution in [-0.4, -0.2) is 40.3 Å². The molecule has 0 saturated carbocycles. The van der Waals surface area contributed by atoms with Gasteiger partial charge < -0.3 is 10.6 Å². The van der Waals surface area contributed by atoms with E-state index in [0.717, 1.165) is 24.3 Å². The highest BCUT2D eigenvalue weighted by atomic mass is 127. The predicted molar refractivity (Wildman–Crippen MR) is 107 cm³/mol. The summed E-state index contributed by atoms with van der Waals surface area (Å²) in [6, 6.07) is 8.25. The summed E-state index contributed by atoms with van der Waals surface area (Å²) in [6.45, 7) is 6.53. The minimum absolute atomic E-state index is 0. The summed E-state index contributed by atoms with van der Waals surface area (Å²) in [6.07, 6.45) is 1.86. The summed E-state index contributed by atoms with van der Waals surface area (Å²) in [5.74, 6) is 0.739. The number of aryl methyl sites for hydroxylation is 1. The Kier molecular flexibility index (Phi) is 11.2. The zero-order valence-corrected chi connectivity index (χ0v) is 17.1. The summed E-state index contributed by atoms with van der Waals surface area (Å²) in [7, 11) is -3.11. The summed E-state index contributed by atoms with van der Waals surface area (Å²) in [5, 5.41) is 6.37. The smallest absolute Gasteiger partial charge is 0.208 e. The Labute approximate surface area is 156 Å². The summed E-state index contributed by atoms with van der Waals surface area (Å²) >= 11 is 0. The van der Waals surface area contributed by atoms with Gasteiger partial charge in [0.2, 0.25) is 10.0 Å². The Balaban J connectivity index is 0.00000484. The van der Waals surface area contributed by atoms with Crippen LogP contribution < -0.4 is 15.4 Å². The van der Waals surface area contributed by atoms with E-state index in [1.165, 1.54) is 5.56 Å². The molecule has 6 nitrogen and oxygen atoms in total. The van der Waals surface area contributed by atoms with Crippen LogP contribution in [0.1, 0.15) is 24.5 Å². The first-order valence-electron chi connectivity index (χ1n) is 7.43. The molecule has 0 radical (unpaired) electrons. The normalized spacial score (nSPS) is 11.7. The third-order valence-electron chi connectivity index (χ3n) is 2.86. The first-order chi connectivity index (χ1) is 10.4. The van der Waals surface area contributed by atoms with Gasteiger partial charge in [0.1, 0.15) is 0 Å². The Morgan fingerprint density at radius 3 is 2.57 bits per heavy atom. The molecular weight excluding hydrogens is 427 g/mol. The summed E-state index contributed by atoms with van der Waals surface area (Å²) < 4.78 is 24.4.